The smallest absolute Gasteiger partial charge is 0.192 e. The summed E-state index contributed by atoms with van der Waals surface area (Å²) in [6.07, 6.45) is 1.53. The average molecular weight is 339 g/mol. The average Bonchev–Trinajstić information content (AvgIpc) is 3.27. The van der Waals surface area contributed by atoms with Gasteiger partial charge in [0.05, 0.1) is 13.1 Å². The second kappa shape index (κ2) is 8.09. The number of aliphatic imine (C=N–C) groups is 1. The van der Waals surface area contributed by atoms with Gasteiger partial charge in [0.15, 0.2) is 11.7 Å². The van der Waals surface area contributed by atoms with Gasteiger partial charge in [-0.1, -0.05) is 35.5 Å². The van der Waals surface area contributed by atoms with Crippen molar-refractivity contribution in [1.82, 2.24) is 30.6 Å². The van der Waals surface area contributed by atoms with Gasteiger partial charge < -0.3 is 15.2 Å². The minimum atomic E-state index is 0.421. The number of nitrogens with zero attached hydrogens (tertiary/aromatic N) is 5. The maximum absolute atomic E-state index is 5.40. The zero-order valence-electron chi connectivity index (χ0n) is 14.3. The summed E-state index contributed by atoms with van der Waals surface area (Å²) in [4.78, 5) is 8.72. The highest BCUT2D eigenvalue weighted by Gasteiger charge is 2.07. The molecule has 0 aliphatic rings. The van der Waals surface area contributed by atoms with Gasteiger partial charge in [-0.05, 0) is 6.92 Å². The summed E-state index contributed by atoms with van der Waals surface area (Å²) in [5.41, 5.74) is 1.77. The van der Waals surface area contributed by atoms with E-state index < -0.39 is 0 Å². The quantitative estimate of drug-likeness (QED) is 0.525. The van der Waals surface area contributed by atoms with Crippen LogP contribution in [0.1, 0.15) is 18.4 Å². The van der Waals surface area contributed by atoms with Crippen LogP contribution < -0.4 is 10.6 Å². The first-order chi connectivity index (χ1) is 12.3. The monoisotopic (exact) mass is 339 g/mol. The standard InChI is InChI=1S/C17H21N7O/c1-3-18-17(20-11-16-21-12-22-24(16)2)19-10-14-9-15(25-23-14)13-7-5-4-6-8-13/h4-9,12H,3,10-11H2,1-2H3,(H2,18,19,20). The summed E-state index contributed by atoms with van der Waals surface area (Å²) in [7, 11) is 1.86. The zero-order valence-corrected chi connectivity index (χ0v) is 14.3. The Morgan fingerprint density at radius 1 is 1.24 bits per heavy atom. The summed E-state index contributed by atoms with van der Waals surface area (Å²) in [6, 6.07) is 11.8. The Labute approximate surface area is 146 Å². The molecule has 0 aliphatic heterocycles. The van der Waals surface area contributed by atoms with Gasteiger partial charge in [-0.3, -0.25) is 4.68 Å². The predicted octanol–water partition coefficient (Wildman–Crippen LogP) is 1.73. The summed E-state index contributed by atoms with van der Waals surface area (Å²) in [6.45, 7) is 3.74. The fourth-order valence-electron chi connectivity index (χ4n) is 2.27. The van der Waals surface area contributed by atoms with Crippen LogP contribution in [0.15, 0.2) is 52.2 Å². The third-order valence-corrected chi connectivity index (χ3v) is 3.58. The van der Waals surface area contributed by atoms with Crippen LogP contribution in [0.25, 0.3) is 11.3 Å². The minimum absolute atomic E-state index is 0.421. The third kappa shape index (κ3) is 4.43. The van der Waals surface area contributed by atoms with Gasteiger partial charge in [-0.15, -0.1) is 0 Å². The minimum Gasteiger partial charge on any atom is -0.357 e. The van der Waals surface area contributed by atoms with E-state index in [2.05, 4.69) is 30.9 Å². The lowest BCUT2D eigenvalue weighted by Crippen LogP contribution is -2.37. The molecule has 0 saturated carbocycles. The molecule has 2 aromatic heterocycles. The molecular weight excluding hydrogens is 318 g/mol. The van der Waals surface area contributed by atoms with Gasteiger partial charge in [0.2, 0.25) is 0 Å². The Hall–Kier alpha value is -3.16. The predicted molar refractivity (Wildman–Crippen MR) is 94.6 cm³/mol. The van der Waals surface area contributed by atoms with Crippen LogP contribution in [0, 0.1) is 0 Å². The molecule has 3 rings (SSSR count). The maximum Gasteiger partial charge on any atom is 0.192 e. The van der Waals surface area contributed by atoms with E-state index in [9.17, 15) is 0 Å². The van der Waals surface area contributed by atoms with E-state index in [1.165, 1.54) is 6.33 Å². The lowest BCUT2D eigenvalue weighted by molar-refractivity contribution is 0.424. The highest BCUT2D eigenvalue weighted by Crippen LogP contribution is 2.19. The maximum atomic E-state index is 5.40. The summed E-state index contributed by atoms with van der Waals surface area (Å²) in [5, 5.41) is 14.6. The van der Waals surface area contributed by atoms with E-state index in [1.54, 1.807) is 4.68 Å². The van der Waals surface area contributed by atoms with E-state index >= 15 is 0 Å². The number of aryl methyl sites for hydroxylation is 1. The Morgan fingerprint density at radius 3 is 2.80 bits per heavy atom. The highest BCUT2D eigenvalue weighted by molar-refractivity contribution is 5.79. The molecule has 25 heavy (non-hydrogen) atoms. The lowest BCUT2D eigenvalue weighted by Gasteiger charge is -2.10. The van der Waals surface area contributed by atoms with Gasteiger partial charge in [-0.25, -0.2) is 9.98 Å². The molecule has 130 valence electrons. The van der Waals surface area contributed by atoms with E-state index in [0.717, 1.165) is 29.4 Å². The van der Waals surface area contributed by atoms with Gasteiger partial charge in [0.25, 0.3) is 0 Å². The molecule has 0 radical (unpaired) electrons. The molecule has 0 amide bonds. The van der Waals surface area contributed by atoms with E-state index in [-0.39, 0.29) is 0 Å². The first-order valence-electron chi connectivity index (χ1n) is 8.12. The zero-order chi connectivity index (χ0) is 17.5. The van der Waals surface area contributed by atoms with Gasteiger partial charge in [0, 0.05) is 25.2 Å². The molecule has 0 spiro atoms. The molecular formula is C17H21N7O. The van der Waals surface area contributed by atoms with Crippen LogP contribution in [0.2, 0.25) is 0 Å². The van der Waals surface area contributed by atoms with Crippen molar-refractivity contribution in [3.8, 4) is 11.3 Å². The van der Waals surface area contributed by atoms with Crippen molar-refractivity contribution in [2.75, 3.05) is 6.54 Å². The largest absolute Gasteiger partial charge is 0.357 e. The normalized spacial score (nSPS) is 11.5. The second-order valence-corrected chi connectivity index (χ2v) is 5.40. The molecule has 3 aromatic rings. The van der Waals surface area contributed by atoms with Crippen LogP contribution in [0.3, 0.4) is 0 Å². The van der Waals surface area contributed by atoms with E-state index in [0.29, 0.717) is 19.0 Å². The molecule has 0 bridgehead atoms. The summed E-state index contributed by atoms with van der Waals surface area (Å²) >= 11 is 0. The number of benzene rings is 1. The fraction of sp³-hybridized carbons (Fsp3) is 0.294. The summed E-state index contributed by atoms with van der Waals surface area (Å²) < 4.78 is 7.12. The van der Waals surface area contributed by atoms with Crippen molar-refractivity contribution in [3.05, 3.63) is 54.2 Å². The Bertz CT molecular complexity index is 822. The first-order valence-corrected chi connectivity index (χ1v) is 8.12. The Kier molecular flexibility index (Phi) is 5.40. The molecule has 0 unspecified atom stereocenters. The van der Waals surface area contributed by atoms with Crippen LogP contribution in [-0.2, 0) is 20.1 Å². The van der Waals surface area contributed by atoms with Crippen molar-refractivity contribution in [2.24, 2.45) is 12.0 Å². The topological polar surface area (TPSA) is 93.2 Å². The molecule has 2 N–H and O–H groups in total. The van der Waals surface area contributed by atoms with Gasteiger partial charge in [0.1, 0.15) is 17.8 Å². The number of hydrogen-bond donors (Lipinski definition) is 2. The number of rotatable bonds is 6. The number of hydrogen-bond acceptors (Lipinski definition) is 5. The number of nitrogens with one attached hydrogen (secondary N) is 2. The summed E-state index contributed by atoms with van der Waals surface area (Å²) in [5.74, 6) is 2.26. The molecule has 0 fully saturated rings. The molecule has 8 nitrogen and oxygen atoms in total. The molecule has 1 aromatic carbocycles. The highest BCUT2D eigenvalue weighted by atomic mass is 16.5. The van der Waals surface area contributed by atoms with Crippen molar-refractivity contribution in [3.63, 3.8) is 0 Å². The number of aromatic nitrogens is 4. The van der Waals surface area contributed by atoms with E-state index in [1.807, 2.05) is 50.4 Å². The molecule has 0 aliphatic carbocycles. The van der Waals surface area contributed by atoms with Crippen LogP contribution in [-0.4, -0.2) is 32.4 Å². The molecule has 0 saturated heterocycles. The van der Waals surface area contributed by atoms with Crippen LogP contribution >= 0.6 is 0 Å². The van der Waals surface area contributed by atoms with E-state index in [4.69, 9.17) is 4.52 Å². The SMILES string of the molecule is CCNC(=NCc1cc(-c2ccccc2)on1)NCc1ncnn1C. The molecule has 8 heteroatoms. The molecule has 0 atom stereocenters. The third-order valence-electron chi connectivity index (χ3n) is 3.58. The second-order valence-electron chi connectivity index (χ2n) is 5.40. The van der Waals surface area contributed by atoms with Crippen molar-refractivity contribution >= 4 is 5.96 Å². The van der Waals surface area contributed by atoms with Crippen molar-refractivity contribution < 1.29 is 4.52 Å². The van der Waals surface area contributed by atoms with Crippen molar-refractivity contribution in [1.29, 1.82) is 0 Å². The first kappa shape index (κ1) is 16.7. The van der Waals surface area contributed by atoms with Gasteiger partial charge in [-0.2, -0.15) is 5.10 Å². The fourth-order valence-corrected chi connectivity index (χ4v) is 2.27. The lowest BCUT2D eigenvalue weighted by atomic mass is 10.2. The molecule has 2 heterocycles. The van der Waals surface area contributed by atoms with Gasteiger partial charge >= 0.3 is 0 Å². The van der Waals surface area contributed by atoms with Crippen LogP contribution in [0.4, 0.5) is 0 Å². The van der Waals surface area contributed by atoms with Crippen LogP contribution in [0.5, 0.6) is 0 Å². The van der Waals surface area contributed by atoms with Crippen molar-refractivity contribution in [2.45, 2.75) is 20.0 Å². The Balaban J connectivity index is 1.63. The Morgan fingerprint density at radius 2 is 2.08 bits per heavy atom. The number of guanidine groups is 1.